The zero-order chi connectivity index (χ0) is 14.6. The van der Waals surface area contributed by atoms with Crippen LogP contribution in [-0.4, -0.2) is 21.0 Å². The van der Waals surface area contributed by atoms with Crippen LogP contribution in [0.3, 0.4) is 0 Å². The van der Waals surface area contributed by atoms with Crippen LogP contribution in [0.4, 0.5) is 5.00 Å². The second-order valence-electron chi connectivity index (χ2n) is 5.39. The van der Waals surface area contributed by atoms with E-state index in [2.05, 4.69) is 20.3 Å². The number of hydrogen-bond donors (Lipinski definition) is 1. The van der Waals surface area contributed by atoms with Crippen LogP contribution in [0, 0.1) is 6.92 Å². The molecule has 4 rings (SSSR count). The fourth-order valence-corrected chi connectivity index (χ4v) is 3.66. The van der Waals surface area contributed by atoms with Crippen LogP contribution in [0.15, 0.2) is 18.2 Å². The molecule has 1 N–H and O–H groups in total. The number of halogens is 1. The molecule has 108 valence electrons. The first-order valence-corrected chi connectivity index (χ1v) is 8.16. The summed E-state index contributed by atoms with van der Waals surface area (Å²) >= 11 is 7.60. The summed E-state index contributed by atoms with van der Waals surface area (Å²) < 4.78 is 6.82. The monoisotopic (exact) mass is 318 g/mol. The van der Waals surface area contributed by atoms with Crippen molar-refractivity contribution in [1.82, 2.24) is 13.9 Å². The maximum Gasteiger partial charge on any atom is 0.146 e. The number of hydrogen-bond acceptors (Lipinski definition) is 4. The van der Waals surface area contributed by atoms with Gasteiger partial charge in [0.25, 0.3) is 0 Å². The molecule has 4 nitrogen and oxygen atoms in total. The summed E-state index contributed by atoms with van der Waals surface area (Å²) in [6, 6.07) is 6.50. The summed E-state index contributed by atoms with van der Waals surface area (Å²) in [6.45, 7) is 2.04. The summed E-state index contributed by atoms with van der Waals surface area (Å²) in [4.78, 5) is 4.85. The van der Waals surface area contributed by atoms with Gasteiger partial charge >= 0.3 is 0 Å². The van der Waals surface area contributed by atoms with Crippen molar-refractivity contribution in [3.8, 4) is 11.4 Å². The van der Waals surface area contributed by atoms with E-state index in [-0.39, 0.29) is 0 Å². The molecule has 1 aromatic carbocycles. The van der Waals surface area contributed by atoms with E-state index in [0.717, 1.165) is 38.1 Å². The van der Waals surface area contributed by atoms with E-state index < -0.39 is 0 Å². The van der Waals surface area contributed by atoms with E-state index in [1.54, 1.807) is 0 Å². The first kappa shape index (κ1) is 13.1. The standard InChI is InChI=1S/C15H15ClN4S/c1-8-13(15(17-2)21-19-8)14-18-11-7-9(16)3-6-12(11)20(14)10-4-5-10/h3,6-7,10,17H,4-5H2,1-2H3. The Labute approximate surface area is 131 Å². The lowest BCUT2D eigenvalue weighted by Gasteiger charge is -2.08. The number of rotatable bonds is 3. The molecule has 2 aromatic heterocycles. The van der Waals surface area contributed by atoms with Gasteiger partial charge in [0, 0.05) is 18.1 Å². The number of nitrogens with one attached hydrogen (secondary N) is 1. The Morgan fingerprint density at radius 3 is 2.90 bits per heavy atom. The minimum Gasteiger partial charge on any atom is -0.378 e. The Hall–Kier alpha value is -1.59. The third kappa shape index (κ3) is 2.03. The minimum atomic E-state index is 0.551. The van der Waals surface area contributed by atoms with Gasteiger partial charge in [-0.1, -0.05) is 11.6 Å². The first-order chi connectivity index (χ1) is 10.2. The highest BCUT2D eigenvalue weighted by Crippen LogP contribution is 2.44. The van der Waals surface area contributed by atoms with Crippen molar-refractivity contribution in [3.63, 3.8) is 0 Å². The summed E-state index contributed by atoms with van der Waals surface area (Å²) in [5.41, 5.74) is 4.25. The molecule has 0 radical (unpaired) electrons. The number of imidazole rings is 1. The van der Waals surface area contributed by atoms with Crippen LogP contribution in [0.2, 0.25) is 5.02 Å². The van der Waals surface area contributed by atoms with Gasteiger partial charge in [0.15, 0.2) is 0 Å². The first-order valence-electron chi connectivity index (χ1n) is 7.01. The lowest BCUT2D eigenvalue weighted by molar-refractivity contribution is 0.775. The molecule has 1 fully saturated rings. The highest BCUT2D eigenvalue weighted by atomic mass is 35.5. The Bertz CT molecular complexity index is 832. The Balaban J connectivity index is 2.03. The van der Waals surface area contributed by atoms with Crippen molar-refractivity contribution in [2.75, 3.05) is 12.4 Å². The van der Waals surface area contributed by atoms with Gasteiger partial charge in [0.05, 0.1) is 22.3 Å². The Morgan fingerprint density at radius 2 is 2.19 bits per heavy atom. The van der Waals surface area contributed by atoms with E-state index in [1.165, 1.54) is 24.4 Å². The smallest absolute Gasteiger partial charge is 0.146 e. The van der Waals surface area contributed by atoms with Gasteiger partial charge < -0.3 is 9.88 Å². The topological polar surface area (TPSA) is 42.7 Å². The summed E-state index contributed by atoms with van der Waals surface area (Å²) in [7, 11) is 1.93. The lowest BCUT2D eigenvalue weighted by atomic mass is 10.2. The number of aryl methyl sites for hydroxylation is 1. The third-order valence-corrected chi connectivity index (χ3v) is 5.07. The minimum absolute atomic E-state index is 0.551. The zero-order valence-corrected chi connectivity index (χ0v) is 13.4. The molecule has 6 heteroatoms. The highest BCUT2D eigenvalue weighted by Gasteiger charge is 2.30. The van der Waals surface area contributed by atoms with Gasteiger partial charge in [-0.2, -0.15) is 4.37 Å². The fourth-order valence-electron chi connectivity index (χ4n) is 2.75. The highest BCUT2D eigenvalue weighted by molar-refractivity contribution is 7.10. The van der Waals surface area contributed by atoms with Crippen LogP contribution in [0.1, 0.15) is 24.6 Å². The molecule has 0 atom stereocenters. The van der Waals surface area contributed by atoms with Gasteiger partial charge in [0.1, 0.15) is 10.8 Å². The number of anilines is 1. The molecule has 0 bridgehead atoms. The average Bonchev–Trinajstić information content (AvgIpc) is 3.14. The van der Waals surface area contributed by atoms with Gasteiger partial charge in [-0.15, -0.1) is 0 Å². The van der Waals surface area contributed by atoms with Gasteiger partial charge in [-0.05, 0) is 49.5 Å². The van der Waals surface area contributed by atoms with Crippen LogP contribution in [0.25, 0.3) is 22.4 Å². The van der Waals surface area contributed by atoms with Crippen LogP contribution < -0.4 is 5.32 Å². The van der Waals surface area contributed by atoms with Crippen LogP contribution >= 0.6 is 23.1 Å². The second-order valence-corrected chi connectivity index (χ2v) is 6.60. The Morgan fingerprint density at radius 1 is 1.38 bits per heavy atom. The van der Waals surface area contributed by atoms with Gasteiger partial charge in [-0.3, -0.25) is 0 Å². The van der Waals surface area contributed by atoms with E-state index in [1.807, 2.05) is 26.1 Å². The summed E-state index contributed by atoms with van der Waals surface area (Å²) in [5.74, 6) is 1.00. The molecule has 21 heavy (non-hydrogen) atoms. The maximum absolute atomic E-state index is 6.12. The normalized spacial score (nSPS) is 14.8. The number of fused-ring (bicyclic) bond motifs is 1. The summed E-state index contributed by atoms with van der Waals surface area (Å²) in [5, 5.41) is 5.02. The Kier molecular flexibility index (Phi) is 2.94. The molecule has 0 aliphatic heterocycles. The van der Waals surface area contributed by atoms with Crippen molar-refractivity contribution < 1.29 is 0 Å². The van der Waals surface area contributed by atoms with E-state index in [4.69, 9.17) is 16.6 Å². The molecule has 0 unspecified atom stereocenters. The van der Waals surface area contributed by atoms with Crippen molar-refractivity contribution in [2.24, 2.45) is 0 Å². The van der Waals surface area contributed by atoms with Crippen molar-refractivity contribution in [3.05, 3.63) is 28.9 Å². The largest absolute Gasteiger partial charge is 0.378 e. The van der Waals surface area contributed by atoms with Crippen molar-refractivity contribution in [1.29, 1.82) is 0 Å². The summed E-state index contributed by atoms with van der Waals surface area (Å²) in [6.07, 6.45) is 2.43. The third-order valence-electron chi connectivity index (χ3n) is 3.88. The van der Waals surface area contributed by atoms with Crippen molar-refractivity contribution >= 4 is 39.2 Å². The molecular weight excluding hydrogens is 304 g/mol. The fraction of sp³-hybridized carbons (Fsp3) is 0.333. The van der Waals surface area contributed by atoms with Crippen LogP contribution in [0.5, 0.6) is 0 Å². The maximum atomic E-state index is 6.12. The predicted octanol–water partition coefficient (Wildman–Crippen LogP) is 4.50. The molecule has 1 aliphatic rings. The molecular formula is C15H15ClN4S. The van der Waals surface area contributed by atoms with E-state index in [9.17, 15) is 0 Å². The van der Waals surface area contributed by atoms with E-state index in [0.29, 0.717) is 6.04 Å². The number of nitrogens with zero attached hydrogens (tertiary/aromatic N) is 3. The zero-order valence-electron chi connectivity index (χ0n) is 11.9. The molecule has 1 aliphatic carbocycles. The number of aromatic nitrogens is 3. The van der Waals surface area contributed by atoms with Gasteiger partial charge in [-0.25, -0.2) is 4.98 Å². The predicted molar refractivity (Wildman–Crippen MR) is 88.4 cm³/mol. The molecule has 2 heterocycles. The van der Waals surface area contributed by atoms with Crippen molar-refractivity contribution in [2.45, 2.75) is 25.8 Å². The second kappa shape index (κ2) is 4.71. The molecule has 0 saturated heterocycles. The molecule has 0 spiro atoms. The quantitative estimate of drug-likeness (QED) is 0.773. The number of benzene rings is 1. The lowest BCUT2D eigenvalue weighted by Crippen LogP contribution is -1.99. The average molecular weight is 319 g/mol. The SMILES string of the molecule is CNc1snc(C)c1-c1nc2cc(Cl)ccc2n1C1CC1. The molecule has 0 amide bonds. The van der Waals surface area contributed by atoms with Gasteiger partial charge in [0.2, 0.25) is 0 Å². The molecule has 1 saturated carbocycles. The van der Waals surface area contributed by atoms with Crippen LogP contribution in [-0.2, 0) is 0 Å². The van der Waals surface area contributed by atoms with E-state index >= 15 is 0 Å². The molecule has 3 aromatic rings.